The Morgan fingerprint density at radius 2 is 1.08 bits per heavy atom. The molecule has 24 heavy (non-hydrogen) atoms. The van der Waals surface area contributed by atoms with Gasteiger partial charge in [-0.05, 0) is 38.1 Å². The standard InChI is InChI=1S/C19H17N5/c1-14(22-16-9-5-3-6-10-16)18-20-13-21-19(24-18)15(2)23-17-11-7-4-8-12-17/h3-13H,1-2H3/b22-14+,23-15+. The van der Waals surface area contributed by atoms with E-state index in [1.54, 1.807) is 0 Å². The van der Waals surface area contributed by atoms with E-state index in [2.05, 4.69) is 24.9 Å². The largest absolute Gasteiger partial charge is 0.250 e. The Bertz CT molecular complexity index is 800. The number of nitrogens with zero attached hydrogens (tertiary/aromatic N) is 5. The lowest BCUT2D eigenvalue weighted by molar-refractivity contribution is 1.00. The summed E-state index contributed by atoms with van der Waals surface area (Å²) < 4.78 is 0. The summed E-state index contributed by atoms with van der Waals surface area (Å²) in [6.07, 6.45) is 1.49. The molecule has 5 nitrogen and oxygen atoms in total. The molecule has 118 valence electrons. The Morgan fingerprint density at radius 3 is 1.50 bits per heavy atom. The monoisotopic (exact) mass is 315 g/mol. The summed E-state index contributed by atoms with van der Waals surface area (Å²) in [6.45, 7) is 3.77. The molecular weight excluding hydrogens is 298 g/mol. The van der Waals surface area contributed by atoms with Crippen LogP contribution in [0.3, 0.4) is 0 Å². The van der Waals surface area contributed by atoms with Crippen LogP contribution >= 0.6 is 0 Å². The average Bonchev–Trinajstić information content (AvgIpc) is 2.63. The van der Waals surface area contributed by atoms with E-state index < -0.39 is 0 Å². The van der Waals surface area contributed by atoms with Gasteiger partial charge in [0, 0.05) is 0 Å². The van der Waals surface area contributed by atoms with Crippen LogP contribution in [0.1, 0.15) is 25.5 Å². The molecule has 1 heterocycles. The lowest BCUT2D eigenvalue weighted by Crippen LogP contribution is -2.10. The second kappa shape index (κ2) is 7.37. The third kappa shape index (κ3) is 3.95. The summed E-state index contributed by atoms with van der Waals surface area (Å²) in [5, 5.41) is 0. The molecule has 0 saturated heterocycles. The van der Waals surface area contributed by atoms with Crippen LogP contribution in [0.15, 0.2) is 77.0 Å². The van der Waals surface area contributed by atoms with E-state index >= 15 is 0 Å². The second-order valence-corrected chi connectivity index (χ2v) is 5.20. The molecule has 3 rings (SSSR count). The van der Waals surface area contributed by atoms with E-state index in [9.17, 15) is 0 Å². The van der Waals surface area contributed by atoms with E-state index in [-0.39, 0.29) is 0 Å². The van der Waals surface area contributed by atoms with Gasteiger partial charge in [0.2, 0.25) is 0 Å². The molecule has 0 aliphatic rings. The second-order valence-electron chi connectivity index (χ2n) is 5.20. The van der Waals surface area contributed by atoms with Gasteiger partial charge in [-0.25, -0.2) is 24.9 Å². The van der Waals surface area contributed by atoms with Gasteiger partial charge in [-0.2, -0.15) is 0 Å². The summed E-state index contributed by atoms with van der Waals surface area (Å²) in [7, 11) is 0. The van der Waals surface area contributed by atoms with Crippen molar-refractivity contribution in [1.29, 1.82) is 0 Å². The molecule has 0 spiro atoms. The number of aromatic nitrogens is 3. The average molecular weight is 315 g/mol. The summed E-state index contributed by atoms with van der Waals surface area (Å²) >= 11 is 0. The van der Waals surface area contributed by atoms with Crippen LogP contribution in [-0.2, 0) is 0 Å². The van der Waals surface area contributed by atoms with Crippen LogP contribution in [0.5, 0.6) is 0 Å². The van der Waals surface area contributed by atoms with E-state index in [1.807, 2.05) is 74.5 Å². The van der Waals surface area contributed by atoms with Crippen LogP contribution in [-0.4, -0.2) is 26.4 Å². The summed E-state index contributed by atoms with van der Waals surface area (Å²) in [5.74, 6) is 1.10. The maximum absolute atomic E-state index is 4.54. The van der Waals surface area contributed by atoms with Gasteiger partial charge in [0.15, 0.2) is 11.6 Å². The lowest BCUT2D eigenvalue weighted by Gasteiger charge is -2.03. The van der Waals surface area contributed by atoms with Crippen molar-refractivity contribution in [2.24, 2.45) is 9.98 Å². The van der Waals surface area contributed by atoms with Crippen LogP contribution in [0.2, 0.25) is 0 Å². The Hall–Kier alpha value is -3.21. The first kappa shape index (κ1) is 15.7. The number of rotatable bonds is 4. The molecule has 0 aliphatic carbocycles. The van der Waals surface area contributed by atoms with Gasteiger partial charge in [-0.3, -0.25) is 0 Å². The molecule has 0 radical (unpaired) electrons. The molecule has 0 amide bonds. The van der Waals surface area contributed by atoms with Crippen molar-refractivity contribution in [3.05, 3.63) is 78.6 Å². The molecule has 0 N–H and O–H groups in total. The van der Waals surface area contributed by atoms with Crippen LogP contribution in [0.4, 0.5) is 11.4 Å². The van der Waals surface area contributed by atoms with Crippen LogP contribution in [0.25, 0.3) is 0 Å². The Kier molecular flexibility index (Phi) is 4.81. The van der Waals surface area contributed by atoms with Crippen LogP contribution < -0.4 is 0 Å². The molecule has 1 aromatic heterocycles. The number of hydrogen-bond acceptors (Lipinski definition) is 5. The highest BCUT2D eigenvalue weighted by molar-refractivity contribution is 6.00. The summed E-state index contributed by atoms with van der Waals surface area (Å²) in [4.78, 5) is 22.0. The minimum atomic E-state index is 0.548. The maximum Gasteiger partial charge on any atom is 0.177 e. The Morgan fingerprint density at radius 1 is 0.667 bits per heavy atom. The molecule has 0 unspecified atom stereocenters. The first-order valence-electron chi connectivity index (χ1n) is 7.63. The number of aliphatic imine (C=N–C) groups is 2. The SMILES string of the molecule is C/C(=N\c1ccccc1)c1ncnc(/C(C)=N/c2ccccc2)n1. The highest BCUT2D eigenvalue weighted by Crippen LogP contribution is 2.13. The van der Waals surface area contributed by atoms with E-state index in [1.165, 1.54) is 6.33 Å². The highest BCUT2D eigenvalue weighted by Gasteiger charge is 2.07. The molecule has 5 heteroatoms. The Balaban J connectivity index is 1.89. The zero-order valence-electron chi connectivity index (χ0n) is 13.6. The van der Waals surface area contributed by atoms with E-state index in [4.69, 9.17) is 0 Å². The van der Waals surface area contributed by atoms with Crippen LogP contribution in [0, 0.1) is 0 Å². The summed E-state index contributed by atoms with van der Waals surface area (Å²) in [5.41, 5.74) is 3.20. The predicted octanol–water partition coefficient (Wildman–Crippen LogP) is 4.15. The lowest BCUT2D eigenvalue weighted by atomic mass is 10.3. The molecule has 2 aromatic carbocycles. The van der Waals surface area contributed by atoms with Crippen molar-refractivity contribution in [2.75, 3.05) is 0 Å². The zero-order valence-corrected chi connectivity index (χ0v) is 13.6. The predicted molar refractivity (Wildman–Crippen MR) is 96.5 cm³/mol. The first-order valence-corrected chi connectivity index (χ1v) is 7.63. The smallest absolute Gasteiger partial charge is 0.177 e. The minimum Gasteiger partial charge on any atom is -0.250 e. The van der Waals surface area contributed by atoms with Gasteiger partial charge in [0.05, 0.1) is 22.8 Å². The highest BCUT2D eigenvalue weighted by atomic mass is 15.0. The fourth-order valence-corrected chi connectivity index (χ4v) is 2.14. The zero-order chi connectivity index (χ0) is 16.8. The van der Waals surface area contributed by atoms with Gasteiger partial charge in [-0.1, -0.05) is 36.4 Å². The quantitative estimate of drug-likeness (QED) is 0.679. The molecule has 0 aliphatic heterocycles. The minimum absolute atomic E-state index is 0.548. The van der Waals surface area contributed by atoms with Crippen molar-refractivity contribution in [2.45, 2.75) is 13.8 Å². The van der Waals surface area contributed by atoms with Crippen molar-refractivity contribution < 1.29 is 0 Å². The third-order valence-corrected chi connectivity index (χ3v) is 3.33. The van der Waals surface area contributed by atoms with Crippen molar-refractivity contribution in [1.82, 2.24) is 15.0 Å². The number of benzene rings is 2. The number of para-hydroxylation sites is 2. The van der Waals surface area contributed by atoms with Crippen molar-refractivity contribution >= 4 is 22.8 Å². The summed E-state index contributed by atoms with van der Waals surface area (Å²) in [6, 6.07) is 19.5. The van der Waals surface area contributed by atoms with Gasteiger partial charge >= 0.3 is 0 Å². The third-order valence-electron chi connectivity index (χ3n) is 3.33. The number of hydrogen-bond donors (Lipinski definition) is 0. The fourth-order valence-electron chi connectivity index (χ4n) is 2.14. The molecule has 0 bridgehead atoms. The van der Waals surface area contributed by atoms with Gasteiger partial charge in [0.1, 0.15) is 6.33 Å². The van der Waals surface area contributed by atoms with E-state index in [0.717, 1.165) is 22.8 Å². The molecule has 0 atom stereocenters. The van der Waals surface area contributed by atoms with Crippen molar-refractivity contribution in [3.8, 4) is 0 Å². The molecule has 0 fully saturated rings. The van der Waals surface area contributed by atoms with Gasteiger partial charge < -0.3 is 0 Å². The van der Waals surface area contributed by atoms with Gasteiger partial charge in [-0.15, -0.1) is 0 Å². The Labute approximate surface area is 140 Å². The van der Waals surface area contributed by atoms with E-state index in [0.29, 0.717) is 11.6 Å². The fraction of sp³-hybridized carbons (Fsp3) is 0.105. The topological polar surface area (TPSA) is 63.4 Å². The van der Waals surface area contributed by atoms with Crippen molar-refractivity contribution in [3.63, 3.8) is 0 Å². The van der Waals surface area contributed by atoms with Gasteiger partial charge in [0.25, 0.3) is 0 Å². The molecule has 3 aromatic rings. The maximum atomic E-state index is 4.54. The first-order chi connectivity index (χ1) is 11.7. The molecular formula is C19H17N5. The normalized spacial score (nSPS) is 12.2. The molecule has 0 saturated carbocycles.